The molecule has 1 unspecified atom stereocenters. The highest BCUT2D eigenvalue weighted by Crippen LogP contribution is 2.25. The van der Waals surface area contributed by atoms with Crippen molar-refractivity contribution in [2.45, 2.75) is 12.5 Å². The summed E-state index contributed by atoms with van der Waals surface area (Å²) in [5, 5.41) is 10.0. The van der Waals surface area contributed by atoms with Gasteiger partial charge in [0.25, 0.3) is 0 Å². The van der Waals surface area contributed by atoms with E-state index in [1.54, 1.807) is 12.1 Å². The molecule has 0 spiro atoms. The molecule has 5 heteroatoms. The van der Waals surface area contributed by atoms with Crippen LogP contribution in [-0.2, 0) is 6.42 Å². The van der Waals surface area contributed by atoms with E-state index in [1.165, 1.54) is 18.2 Å². The Morgan fingerprint density at radius 3 is 2.53 bits per heavy atom. The van der Waals surface area contributed by atoms with Crippen LogP contribution in [0.25, 0.3) is 0 Å². The highest BCUT2D eigenvalue weighted by molar-refractivity contribution is 9.10. The number of halogens is 4. The van der Waals surface area contributed by atoms with Crippen LogP contribution < -0.4 is 0 Å². The Hall–Kier alpha value is -0.970. The first-order valence-electron chi connectivity index (χ1n) is 5.54. The molecule has 1 N–H and O–H groups in total. The van der Waals surface area contributed by atoms with E-state index in [2.05, 4.69) is 15.9 Å². The fourth-order valence-electron chi connectivity index (χ4n) is 1.75. The van der Waals surface area contributed by atoms with Gasteiger partial charge >= 0.3 is 0 Å². The van der Waals surface area contributed by atoms with Crippen LogP contribution in [0.2, 0.25) is 5.02 Å². The van der Waals surface area contributed by atoms with E-state index in [1.807, 2.05) is 0 Å². The lowest BCUT2D eigenvalue weighted by atomic mass is 10.0. The number of aliphatic hydroxyl groups is 1. The smallest absolute Gasteiger partial charge is 0.142 e. The normalized spacial score (nSPS) is 12.5. The molecule has 0 aliphatic heterocycles. The Bertz CT molecular complexity index is 604. The van der Waals surface area contributed by atoms with Gasteiger partial charge in [0.2, 0.25) is 0 Å². The van der Waals surface area contributed by atoms with Crippen molar-refractivity contribution in [3.05, 3.63) is 68.7 Å². The number of hydrogen-bond acceptors (Lipinski definition) is 1. The molecule has 0 aliphatic rings. The van der Waals surface area contributed by atoms with E-state index in [9.17, 15) is 13.9 Å². The zero-order valence-electron chi connectivity index (χ0n) is 9.71. The van der Waals surface area contributed by atoms with Crippen molar-refractivity contribution in [2.75, 3.05) is 0 Å². The van der Waals surface area contributed by atoms with Crippen molar-refractivity contribution in [1.82, 2.24) is 0 Å². The number of hydrogen-bond donors (Lipinski definition) is 1. The van der Waals surface area contributed by atoms with Gasteiger partial charge < -0.3 is 5.11 Å². The monoisotopic (exact) mass is 346 g/mol. The minimum atomic E-state index is -0.990. The average molecular weight is 348 g/mol. The minimum Gasteiger partial charge on any atom is -0.388 e. The molecule has 0 radical (unpaired) electrons. The van der Waals surface area contributed by atoms with Crippen molar-refractivity contribution in [3.63, 3.8) is 0 Å². The molecule has 0 amide bonds. The molecule has 0 aliphatic carbocycles. The predicted octanol–water partition coefficient (Wildman–Crippen LogP) is 4.66. The van der Waals surface area contributed by atoms with Crippen LogP contribution in [0.5, 0.6) is 0 Å². The summed E-state index contributed by atoms with van der Waals surface area (Å²) in [5.74, 6) is -1.01. The van der Waals surface area contributed by atoms with E-state index in [4.69, 9.17) is 11.6 Å². The van der Waals surface area contributed by atoms with Gasteiger partial charge in [0, 0.05) is 10.9 Å². The molecule has 0 saturated heterocycles. The average Bonchev–Trinajstić information content (AvgIpc) is 2.37. The third kappa shape index (κ3) is 3.53. The van der Waals surface area contributed by atoms with Crippen LogP contribution in [0.4, 0.5) is 8.78 Å². The quantitative estimate of drug-likeness (QED) is 0.856. The van der Waals surface area contributed by atoms with Crippen molar-refractivity contribution in [3.8, 4) is 0 Å². The maximum absolute atomic E-state index is 13.6. The number of rotatable bonds is 3. The zero-order valence-corrected chi connectivity index (χ0v) is 12.0. The Balaban J connectivity index is 2.22. The topological polar surface area (TPSA) is 20.2 Å². The third-order valence-corrected chi connectivity index (χ3v) is 3.55. The maximum atomic E-state index is 13.6. The van der Waals surface area contributed by atoms with Gasteiger partial charge in [-0.2, -0.15) is 0 Å². The maximum Gasteiger partial charge on any atom is 0.142 e. The van der Waals surface area contributed by atoms with E-state index >= 15 is 0 Å². The molecule has 0 bridgehead atoms. The van der Waals surface area contributed by atoms with Crippen LogP contribution in [0.15, 0.2) is 40.9 Å². The SMILES string of the molecule is OC(Cc1cc(Br)ccc1F)c1ccc(Cl)c(F)c1. The summed E-state index contributed by atoms with van der Waals surface area (Å²) in [6, 6.07) is 8.52. The Morgan fingerprint density at radius 1 is 1.11 bits per heavy atom. The standard InChI is InChI=1S/C14H10BrClF2O/c15-10-2-4-12(17)9(5-10)7-14(19)8-1-3-11(16)13(18)6-8/h1-6,14,19H,7H2. The van der Waals surface area contributed by atoms with Crippen LogP contribution in [0.3, 0.4) is 0 Å². The lowest BCUT2D eigenvalue weighted by Gasteiger charge is -2.12. The third-order valence-electron chi connectivity index (χ3n) is 2.75. The van der Waals surface area contributed by atoms with E-state index in [0.29, 0.717) is 11.1 Å². The van der Waals surface area contributed by atoms with Gasteiger partial charge in [0.15, 0.2) is 0 Å². The second kappa shape index (κ2) is 5.99. The summed E-state index contributed by atoms with van der Waals surface area (Å²) < 4.78 is 27.6. The van der Waals surface area contributed by atoms with Gasteiger partial charge in [-0.15, -0.1) is 0 Å². The van der Waals surface area contributed by atoms with Gasteiger partial charge in [-0.05, 0) is 41.5 Å². The molecule has 2 rings (SSSR count). The summed E-state index contributed by atoms with van der Waals surface area (Å²) in [6.07, 6.45) is -0.928. The highest BCUT2D eigenvalue weighted by atomic mass is 79.9. The first kappa shape index (κ1) is 14.4. The van der Waals surface area contributed by atoms with E-state index < -0.39 is 17.7 Å². The van der Waals surface area contributed by atoms with Gasteiger partial charge in [-0.25, -0.2) is 8.78 Å². The molecule has 19 heavy (non-hydrogen) atoms. The molecule has 0 saturated carbocycles. The zero-order chi connectivity index (χ0) is 14.0. The lowest BCUT2D eigenvalue weighted by Crippen LogP contribution is -2.04. The molecule has 1 atom stereocenters. The van der Waals surface area contributed by atoms with Gasteiger partial charge in [0.1, 0.15) is 11.6 Å². The summed E-state index contributed by atoms with van der Waals surface area (Å²) in [6.45, 7) is 0. The van der Waals surface area contributed by atoms with Crippen LogP contribution in [0.1, 0.15) is 17.2 Å². The molecule has 0 heterocycles. The predicted molar refractivity (Wildman–Crippen MR) is 74.2 cm³/mol. The van der Waals surface area contributed by atoms with Gasteiger partial charge in [0.05, 0.1) is 11.1 Å². The van der Waals surface area contributed by atoms with Crippen LogP contribution in [-0.4, -0.2) is 5.11 Å². The fraction of sp³-hybridized carbons (Fsp3) is 0.143. The molecule has 0 fully saturated rings. The number of benzene rings is 2. The Morgan fingerprint density at radius 2 is 1.84 bits per heavy atom. The first-order chi connectivity index (χ1) is 8.97. The molecule has 1 nitrogen and oxygen atoms in total. The molecule has 100 valence electrons. The lowest BCUT2D eigenvalue weighted by molar-refractivity contribution is 0.176. The molecule has 0 aromatic heterocycles. The molecule has 2 aromatic rings. The van der Waals surface area contributed by atoms with Gasteiger partial charge in [-0.3, -0.25) is 0 Å². The summed E-state index contributed by atoms with van der Waals surface area (Å²) in [7, 11) is 0. The highest BCUT2D eigenvalue weighted by Gasteiger charge is 2.13. The number of aliphatic hydroxyl groups excluding tert-OH is 1. The van der Waals surface area contributed by atoms with Crippen molar-refractivity contribution in [1.29, 1.82) is 0 Å². The summed E-state index contributed by atoms with van der Waals surface area (Å²) in [5.41, 5.74) is 0.721. The van der Waals surface area contributed by atoms with Crippen molar-refractivity contribution in [2.24, 2.45) is 0 Å². The molecular weight excluding hydrogens is 338 g/mol. The van der Waals surface area contributed by atoms with Crippen molar-refractivity contribution >= 4 is 27.5 Å². The summed E-state index contributed by atoms with van der Waals surface area (Å²) >= 11 is 8.81. The largest absolute Gasteiger partial charge is 0.388 e. The Kier molecular flexibility index (Phi) is 4.55. The van der Waals surface area contributed by atoms with E-state index in [-0.39, 0.29) is 11.4 Å². The van der Waals surface area contributed by atoms with E-state index in [0.717, 1.165) is 10.5 Å². The fourth-order valence-corrected chi connectivity index (χ4v) is 2.27. The van der Waals surface area contributed by atoms with Crippen molar-refractivity contribution < 1.29 is 13.9 Å². The Labute approximate surface area is 123 Å². The summed E-state index contributed by atoms with van der Waals surface area (Å²) in [4.78, 5) is 0. The van der Waals surface area contributed by atoms with Crippen LogP contribution >= 0.6 is 27.5 Å². The van der Waals surface area contributed by atoms with Crippen LogP contribution in [0, 0.1) is 11.6 Å². The first-order valence-corrected chi connectivity index (χ1v) is 6.71. The minimum absolute atomic E-state index is 0.00964. The second-order valence-electron chi connectivity index (χ2n) is 4.13. The molecular formula is C14H10BrClF2O. The second-order valence-corrected chi connectivity index (χ2v) is 5.45. The molecule has 2 aromatic carbocycles. The van der Waals surface area contributed by atoms with Gasteiger partial charge in [-0.1, -0.05) is 33.6 Å².